The van der Waals surface area contributed by atoms with Crippen LogP contribution >= 0.6 is 38.9 Å². The van der Waals surface area contributed by atoms with Crippen molar-refractivity contribution in [3.05, 3.63) is 20.3 Å². The van der Waals surface area contributed by atoms with Gasteiger partial charge in [-0.1, -0.05) is 0 Å². The molecule has 1 heterocycles. The molecule has 12 heavy (non-hydrogen) atoms. The zero-order valence-corrected chi connectivity index (χ0v) is 9.89. The molecule has 1 atom stereocenters. The van der Waals surface area contributed by atoms with Crippen molar-refractivity contribution in [3.8, 4) is 0 Å². The van der Waals surface area contributed by atoms with Gasteiger partial charge < -0.3 is 0 Å². The Hall–Kier alpha value is 0.140. The molecule has 1 rings (SSSR count). The van der Waals surface area contributed by atoms with Gasteiger partial charge in [0.05, 0.1) is 10.3 Å². The second-order valence-corrected chi connectivity index (χ2v) is 5.26. The van der Waals surface area contributed by atoms with Crippen molar-refractivity contribution < 1.29 is 4.79 Å². The Labute approximate surface area is 88.9 Å². The molecule has 0 fully saturated rings. The Bertz CT molecular complexity index is 287. The molecule has 0 radical (unpaired) electrons. The maximum atomic E-state index is 11.4. The number of alkyl halides is 1. The van der Waals surface area contributed by atoms with Gasteiger partial charge in [0, 0.05) is 9.35 Å². The van der Waals surface area contributed by atoms with Gasteiger partial charge in [-0.05, 0) is 35.8 Å². The zero-order valence-electron chi connectivity index (χ0n) is 6.73. The highest BCUT2D eigenvalue weighted by Crippen LogP contribution is 2.27. The standard InChI is InChI=1S/C8H8BrClOS/c1-4(10)8(11)7-3-6(9)5(2)12-7/h3-4H,1-2H3. The van der Waals surface area contributed by atoms with Crippen LogP contribution < -0.4 is 0 Å². The van der Waals surface area contributed by atoms with Gasteiger partial charge in [-0.3, -0.25) is 4.79 Å². The summed E-state index contributed by atoms with van der Waals surface area (Å²) in [6, 6.07) is 1.82. The maximum absolute atomic E-state index is 11.4. The van der Waals surface area contributed by atoms with Gasteiger partial charge in [0.2, 0.25) is 0 Å². The van der Waals surface area contributed by atoms with Crippen molar-refractivity contribution in [3.63, 3.8) is 0 Å². The molecule has 1 unspecified atom stereocenters. The first-order chi connectivity index (χ1) is 5.52. The third kappa shape index (κ3) is 2.09. The fourth-order valence-electron chi connectivity index (χ4n) is 0.777. The monoisotopic (exact) mass is 266 g/mol. The summed E-state index contributed by atoms with van der Waals surface area (Å²) in [7, 11) is 0. The van der Waals surface area contributed by atoms with E-state index in [-0.39, 0.29) is 5.78 Å². The molecule has 1 nitrogen and oxygen atoms in total. The lowest BCUT2D eigenvalue weighted by atomic mass is 10.2. The minimum atomic E-state index is -0.435. The normalized spacial score (nSPS) is 13.0. The molecule has 0 saturated carbocycles. The minimum absolute atomic E-state index is 0.00420. The molecule has 1 aromatic rings. The fourth-order valence-corrected chi connectivity index (χ4v) is 2.52. The van der Waals surface area contributed by atoms with Gasteiger partial charge in [-0.25, -0.2) is 0 Å². The molecule has 0 aliphatic heterocycles. The Balaban J connectivity index is 2.97. The van der Waals surface area contributed by atoms with E-state index in [0.717, 1.165) is 14.2 Å². The summed E-state index contributed by atoms with van der Waals surface area (Å²) in [6.07, 6.45) is 0. The number of halogens is 2. The van der Waals surface area contributed by atoms with E-state index >= 15 is 0 Å². The van der Waals surface area contributed by atoms with Crippen LogP contribution in [0, 0.1) is 6.92 Å². The van der Waals surface area contributed by atoms with Crippen molar-refractivity contribution in [2.24, 2.45) is 0 Å². The number of aryl methyl sites for hydroxylation is 1. The molecule has 0 N–H and O–H groups in total. The van der Waals surface area contributed by atoms with Crippen LogP contribution in [-0.4, -0.2) is 11.2 Å². The lowest BCUT2D eigenvalue weighted by molar-refractivity contribution is 0.0995. The number of rotatable bonds is 2. The van der Waals surface area contributed by atoms with E-state index in [2.05, 4.69) is 15.9 Å². The number of hydrogen-bond acceptors (Lipinski definition) is 2. The molecule has 0 bridgehead atoms. The lowest BCUT2D eigenvalue weighted by Crippen LogP contribution is -2.07. The first kappa shape index (κ1) is 10.2. The molecule has 66 valence electrons. The summed E-state index contributed by atoms with van der Waals surface area (Å²) in [4.78, 5) is 13.2. The molecule has 0 aliphatic rings. The van der Waals surface area contributed by atoms with E-state index in [1.54, 1.807) is 6.92 Å². The largest absolute Gasteiger partial charge is 0.292 e. The van der Waals surface area contributed by atoms with Crippen LogP contribution in [0.3, 0.4) is 0 Å². The summed E-state index contributed by atoms with van der Waals surface area (Å²) in [5.74, 6) is -0.00420. The second kappa shape index (κ2) is 3.90. The average molecular weight is 268 g/mol. The third-order valence-corrected chi connectivity index (χ3v) is 3.81. The number of carbonyl (C=O) groups is 1. The number of hydrogen-bond donors (Lipinski definition) is 0. The van der Waals surface area contributed by atoms with Gasteiger partial charge in [-0.2, -0.15) is 0 Å². The van der Waals surface area contributed by atoms with E-state index in [1.165, 1.54) is 11.3 Å². The predicted molar refractivity (Wildman–Crippen MR) is 56.4 cm³/mol. The van der Waals surface area contributed by atoms with Crippen molar-refractivity contribution in [1.82, 2.24) is 0 Å². The van der Waals surface area contributed by atoms with Crippen molar-refractivity contribution in [2.75, 3.05) is 0 Å². The zero-order chi connectivity index (χ0) is 9.30. The summed E-state index contributed by atoms with van der Waals surface area (Å²) in [5.41, 5.74) is 0. The summed E-state index contributed by atoms with van der Waals surface area (Å²) in [6.45, 7) is 3.65. The molecule has 0 spiro atoms. The number of carbonyl (C=O) groups excluding carboxylic acids is 1. The summed E-state index contributed by atoms with van der Waals surface area (Å²) >= 11 is 10.5. The van der Waals surface area contributed by atoms with E-state index in [0.29, 0.717) is 0 Å². The Morgan fingerprint density at radius 1 is 1.75 bits per heavy atom. The molecule has 0 amide bonds. The summed E-state index contributed by atoms with van der Waals surface area (Å²) < 4.78 is 0.980. The highest BCUT2D eigenvalue weighted by atomic mass is 79.9. The highest BCUT2D eigenvalue weighted by molar-refractivity contribution is 9.10. The predicted octanol–water partition coefficient (Wildman–Crippen LogP) is 3.63. The first-order valence-corrected chi connectivity index (χ1v) is 5.51. The number of thiophene rings is 1. The van der Waals surface area contributed by atoms with Crippen LogP contribution in [0.15, 0.2) is 10.5 Å². The van der Waals surface area contributed by atoms with Gasteiger partial charge in [0.25, 0.3) is 0 Å². The van der Waals surface area contributed by atoms with E-state index in [9.17, 15) is 4.79 Å². The van der Waals surface area contributed by atoms with Crippen LogP contribution in [0.2, 0.25) is 0 Å². The number of ketones is 1. The van der Waals surface area contributed by atoms with Crippen LogP contribution in [0.5, 0.6) is 0 Å². The van der Waals surface area contributed by atoms with Crippen molar-refractivity contribution in [2.45, 2.75) is 19.2 Å². The Morgan fingerprint density at radius 2 is 2.33 bits per heavy atom. The van der Waals surface area contributed by atoms with Gasteiger partial charge >= 0.3 is 0 Å². The van der Waals surface area contributed by atoms with Crippen LogP contribution in [0.1, 0.15) is 21.5 Å². The smallest absolute Gasteiger partial charge is 0.190 e. The molecule has 0 aliphatic carbocycles. The Morgan fingerprint density at radius 3 is 2.67 bits per heavy atom. The topological polar surface area (TPSA) is 17.1 Å². The second-order valence-electron chi connectivity index (χ2n) is 2.50. The van der Waals surface area contributed by atoms with Crippen LogP contribution in [0.25, 0.3) is 0 Å². The average Bonchev–Trinajstić information content (AvgIpc) is 2.30. The number of Topliss-reactive ketones (excluding diaryl/α,β-unsaturated/α-hetero) is 1. The first-order valence-electron chi connectivity index (χ1n) is 3.46. The van der Waals surface area contributed by atoms with Gasteiger partial charge in [-0.15, -0.1) is 22.9 Å². The van der Waals surface area contributed by atoms with Crippen molar-refractivity contribution >= 4 is 44.7 Å². The molecule has 4 heteroatoms. The molecule has 0 aromatic carbocycles. The molecular formula is C8H8BrClOS. The third-order valence-electron chi connectivity index (χ3n) is 1.46. The van der Waals surface area contributed by atoms with Crippen LogP contribution in [-0.2, 0) is 0 Å². The molecular weight excluding hydrogens is 260 g/mol. The minimum Gasteiger partial charge on any atom is -0.292 e. The van der Waals surface area contributed by atoms with Gasteiger partial charge in [0.15, 0.2) is 5.78 Å². The highest BCUT2D eigenvalue weighted by Gasteiger charge is 2.15. The molecule has 0 saturated heterocycles. The lowest BCUT2D eigenvalue weighted by Gasteiger charge is -1.96. The van der Waals surface area contributed by atoms with E-state index in [1.807, 2.05) is 13.0 Å². The fraction of sp³-hybridized carbons (Fsp3) is 0.375. The van der Waals surface area contributed by atoms with E-state index < -0.39 is 5.38 Å². The van der Waals surface area contributed by atoms with Crippen LogP contribution in [0.4, 0.5) is 0 Å². The van der Waals surface area contributed by atoms with Gasteiger partial charge in [0.1, 0.15) is 0 Å². The SMILES string of the molecule is Cc1sc(C(=O)C(C)Cl)cc1Br. The quantitative estimate of drug-likeness (QED) is 0.591. The Kier molecular flexibility index (Phi) is 3.32. The maximum Gasteiger partial charge on any atom is 0.190 e. The summed E-state index contributed by atoms with van der Waals surface area (Å²) in [5, 5.41) is -0.435. The van der Waals surface area contributed by atoms with E-state index in [4.69, 9.17) is 11.6 Å². The molecule has 1 aromatic heterocycles. The van der Waals surface area contributed by atoms with Crippen molar-refractivity contribution in [1.29, 1.82) is 0 Å².